The van der Waals surface area contributed by atoms with E-state index < -0.39 is 115 Å². The molecule has 0 aromatic carbocycles. The summed E-state index contributed by atoms with van der Waals surface area (Å²) >= 11 is 0. The standard InChI is InChI=1S/C40H74F3N3O12/c1-14-28-38(10,51)32(48)25(6)45-18-21(2)16-36(8,50)33(58-35-30(47)27(46(11)12)15-22(3)54-35)23(4)31(24(5)34(49)56-28)57-29-17-37(9,53-13)39(52,26(7)55-29)19-44-20-40(41,42)43/h21-33,35,44-45,47-48,50-52H,14-20H2,1-13H3/t21-,22-,23+,24-,25-,26+,27+,28-,29+,30-,31+,32-,33-,35+,36-,37-,38-,39-/m1/s1. The summed E-state index contributed by atoms with van der Waals surface area (Å²) in [6.07, 6.45) is -13.9. The summed E-state index contributed by atoms with van der Waals surface area (Å²) in [4.78, 5) is 16.2. The number of ether oxygens (including phenoxy) is 6. The Morgan fingerprint density at radius 2 is 1.60 bits per heavy atom. The zero-order valence-corrected chi connectivity index (χ0v) is 36.7. The van der Waals surface area contributed by atoms with Gasteiger partial charge in [-0.1, -0.05) is 20.8 Å². The average molecular weight is 846 g/mol. The van der Waals surface area contributed by atoms with E-state index in [4.69, 9.17) is 28.4 Å². The second-order valence-electron chi connectivity index (χ2n) is 18.2. The molecule has 7 N–H and O–H groups in total. The van der Waals surface area contributed by atoms with Gasteiger partial charge in [-0.05, 0) is 94.3 Å². The molecule has 0 aliphatic carbocycles. The van der Waals surface area contributed by atoms with Crippen molar-refractivity contribution >= 4 is 5.97 Å². The second-order valence-corrected chi connectivity index (χ2v) is 18.2. The average Bonchev–Trinajstić information content (AvgIpc) is 3.11. The van der Waals surface area contributed by atoms with Gasteiger partial charge in [-0.2, -0.15) is 13.2 Å². The van der Waals surface area contributed by atoms with Crippen LogP contribution in [-0.2, 0) is 33.2 Å². The first-order chi connectivity index (χ1) is 26.5. The number of hydrogen-bond acceptors (Lipinski definition) is 15. The highest BCUT2D eigenvalue weighted by Gasteiger charge is 2.58. The Labute approximate surface area is 342 Å². The third-order valence-corrected chi connectivity index (χ3v) is 12.9. The van der Waals surface area contributed by atoms with Crippen LogP contribution in [0.3, 0.4) is 0 Å². The highest BCUT2D eigenvalue weighted by molar-refractivity contribution is 5.73. The molecular formula is C40H74F3N3O12. The van der Waals surface area contributed by atoms with E-state index in [1.54, 1.807) is 34.6 Å². The fourth-order valence-corrected chi connectivity index (χ4v) is 9.15. The Bertz CT molecular complexity index is 1320. The molecule has 3 aliphatic rings. The first-order valence-electron chi connectivity index (χ1n) is 20.6. The molecule has 0 spiro atoms. The molecule has 58 heavy (non-hydrogen) atoms. The minimum absolute atomic E-state index is 0.128. The molecule has 3 rings (SSSR count). The molecule has 0 saturated carbocycles. The van der Waals surface area contributed by atoms with Gasteiger partial charge in [0.25, 0.3) is 0 Å². The molecule has 0 aromatic rings. The van der Waals surface area contributed by atoms with Gasteiger partial charge in [-0.3, -0.25) is 4.79 Å². The lowest BCUT2D eigenvalue weighted by molar-refractivity contribution is -0.336. The van der Waals surface area contributed by atoms with E-state index >= 15 is 0 Å². The summed E-state index contributed by atoms with van der Waals surface area (Å²) in [7, 11) is 4.99. The number of halogens is 3. The Kier molecular flexibility index (Phi) is 17.5. The van der Waals surface area contributed by atoms with Gasteiger partial charge >= 0.3 is 12.1 Å². The SMILES string of the molecule is CC[C@H]1OC(=O)[C@H](C)[C@@H](O[C@H]2C[C@@](C)(OC)[C@@](O)(CNCC(F)(F)F)[C@H](C)O2)[C@H](C)[C@@H](O[C@@H]2O[C@H](C)C[C@H](N(C)C)[C@H]2O)[C@](C)(O)C[C@@H](C)CN[C@H](C)[C@@H](O)[C@]1(C)O. The number of rotatable bonds is 10. The van der Waals surface area contributed by atoms with Crippen molar-refractivity contribution in [1.29, 1.82) is 0 Å². The van der Waals surface area contributed by atoms with Crippen LogP contribution in [-0.4, -0.2) is 173 Å². The van der Waals surface area contributed by atoms with Gasteiger partial charge in [0.2, 0.25) is 0 Å². The fourth-order valence-electron chi connectivity index (χ4n) is 9.15. The molecule has 3 fully saturated rings. The normalized spacial score (nSPS) is 47.0. The molecule has 0 amide bonds. The maximum atomic E-state index is 14.3. The molecule has 0 radical (unpaired) electrons. The summed E-state index contributed by atoms with van der Waals surface area (Å²) in [6, 6.07) is -1.00. The third kappa shape index (κ3) is 11.8. The number of likely N-dealkylation sites (N-methyl/N-ethyl adjacent to an activating group) is 1. The largest absolute Gasteiger partial charge is 0.459 e. The number of carbonyl (C=O) groups excluding carboxylic acids is 1. The number of esters is 1. The first kappa shape index (κ1) is 51.1. The number of carbonyl (C=O) groups is 1. The van der Waals surface area contributed by atoms with Crippen molar-refractivity contribution in [2.75, 3.05) is 40.8 Å². The Morgan fingerprint density at radius 3 is 2.16 bits per heavy atom. The molecule has 342 valence electrons. The van der Waals surface area contributed by atoms with Crippen LogP contribution < -0.4 is 10.6 Å². The fraction of sp³-hybridized carbons (Fsp3) is 0.975. The van der Waals surface area contributed by atoms with Gasteiger partial charge in [0.05, 0.1) is 42.5 Å². The summed E-state index contributed by atoms with van der Waals surface area (Å²) in [5.74, 6) is -3.11. The van der Waals surface area contributed by atoms with Crippen LogP contribution in [0.1, 0.15) is 94.9 Å². The van der Waals surface area contributed by atoms with Gasteiger partial charge in [0, 0.05) is 38.1 Å². The number of aliphatic hydroxyl groups excluding tert-OH is 2. The van der Waals surface area contributed by atoms with Crippen LogP contribution in [0, 0.1) is 17.8 Å². The van der Waals surface area contributed by atoms with Crippen molar-refractivity contribution in [2.45, 2.75) is 191 Å². The van der Waals surface area contributed by atoms with Gasteiger partial charge < -0.3 is 69.5 Å². The van der Waals surface area contributed by atoms with E-state index in [-0.39, 0.29) is 37.3 Å². The van der Waals surface area contributed by atoms with Crippen LogP contribution >= 0.6 is 0 Å². The van der Waals surface area contributed by atoms with E-state index in [9.17, 15) is 43.5 Å². The van der Waals surface area contributed by atoms with Crippen molar-refractivity contribution in [3.05, 3.63) is 0 Å². The third-order valence-electron chi connectivity index (χ3n) is 12.9. The topological polar surface area (TPSA) is 201 Å². The molecule has 3 aliphatic heterocycles. The molecule has 15 nitrogen and oxygen atoms in total. The van der Waals surface area contributed by atoms with E-state index in [2.05, 4.69) is 10.6 Å². The number of methoxy groups -OCH3 is 1. The van der Waals surface area contributed by atoms with E-state index in [0.717, 1.165) is 0 Å². The zero-order chi connectivity index (χ0) is 44.3. The van der Waals surface area contributed by atoms with E-state index in [1.165, 1.54) is 27.9 Å². The minimum Gasteiger partial charge on any atom is -0.459 e. The molecular weight excluding hydrogens is 771 g/mol. The number of aliphatic hydroxyl groups is 5. The van der Waals surface area contributed by atoms with Crippen molar-refractivity contribution in [2.24, 2.45) is 17.8 Å². The monoisotopic (exact) mass is 846 g/mol. The number of nitrogens with one attached hydrogen (secondary N) is 2. The minimum atomic E-state index is -4.53. The second kappa shape index (κ2) is 19.8. The van der Waals surface area contributed by atoms with Crippen molar-refractivity contribution in [1.82, 2.24) is 15.5 Å². The predicted octanol–water partition coefficient (Wildman–Crippen LogP) is 2.08. The first-order valence-corrected chi connectivity index (χ1v) is 20.6. The van der Waals surface area contributed by atoms with Crippen LogP contribution in [0.5, 0.6) is 0 Å². The maximum Gasteiger partial charge on any atom is 0.401 e. The quantitative estimate of drug-likeness (QED) is 0.158. The van der Waals surface area contributed by atoms with Crippen molar-refractivity contribution < 1.29 is 71.9 Å². The molecule has 18 atom stereocenters. The highest BCUT2D eigenvalue weighted by Crippen LogP contribution is 2.43. The summed E-state index contributed by atoms with van der Waals surface area (Å²) in [6.45, 7) is 14.9. The van der Waals surface area contributed by atoms with Gasteiger partial charge in [-0.25, -0.2) is 0 Å². The highest BCUT2D eigenvalue weighted by atomic mass is 19.4. The molecule has 3 saturated heterocycles. The van der Waals surface area contributed by atoms with Crippen molar-refractivity contribution in [3.8, 4) is 0 Å². The molecule has 3 heterocycles. The number of cyclic esters (lactones) is 1. The van der Waals surface area contributed by atoms with Gasteiger partial charge in [0.1, 0.15) is 35.1 Å². The Hall–Kier alpha value is -1.26. The summed E-state index contributed by atoms with van der Waals surface area (Å²) in [5, 5.41) is 64.4. The summed E-state index contributed by atoms with van der Waals surface area (Å²) in [5.41, 5.74) is -7.05. The van der Waals surface area contributed by atoms with Crippen LogP contribution in [0.25, 0.3) is 0 Å². The number of nitrogens with zero attached hydrogens (tertiary/aromatic N) is 1. The zero-order valence-electron chi connectivity index (χ0n) is 36.7. The molecule has 18 heteroatoms. The number of alkyl halides is 3. The summed E-state index contributed by atoms with van der Waals surface area (Å²) < 4.78 is 76.8. The van der Waals surface area contributed by atoms with E-state index in [0.29, 0.717) is 13.0 Å². The van der Waals surface area contributed by atoms with Crippen LogP contribution in [0.4, 0.5) is 13.2 Å². The lowest BCUT2D eigenvalue weighted by Crippen LogP contribution is -2.70. The Balaban J connectivity index is 2.15. The molecule has 0 unspecified atom stereocenters. The smallest absolute Gasteiger partial charge is 0.401 e. The van der Waals surface area contributed by atoms with Crippen LogP contribution in [0.2, 0.25) is 0 Å². The predicted molar refractivity (Wildman–Crippen MR) is 207 cm³/mol. The Morgan fingerprint density at radius 1 is 0.983 bits per heavy atom. The molecule has 0 aromatic heterocycles. The van der Waals surface area contributed by atoms with Crippen LogP contribution in [0.15, 0.2) is 0 Å². The van der Waals surface area contributed by atoms with Gasteiger partial charge in [0.15, 0.2) is 12.6 Å². The van der Waals surface area contributed by atoms with E-state index in [1.807, 2.05) is 32.8 Å². The van der Waals surface area contributed by atoms with Gasteiger partial charge in [-0.15, -0.1) is 0 Å². The lowest BCUT2D eigenvalue weighted by Gasteiger charge is -2.53. The number of hydrogen-bond donors (Lipinski definition) is 7. The maximum absolute atomic E-state index is 14.3. The lowest BCUT2D eigenvalue weighted by atomic mass is 9.75. The van der Waals surface area contributed by atoms with Crippen molar-refractivity contribution in [3.63, 3.8) is 0 Å². The molecule has 0 bridgehead atoms.